The van der Waals surface area contributed by atoms with Gasteiger partial charge in [0, 0.05) is 12.5 Å². The highest BCUT2D eigenvalue weighted by atomic mass is 16.5. The van der Waals surface area contributed by atoms with Gasteiger partial charge in [0.2, 0.25) is 5.91 Å². The fourth-order valence-electron chi connectivity index (χ4n) is 1.71. The summed E-state index contributed by atoms with van der Waals surface area (Å²) in [5.74, 6) is -0.358. The average molecular weight is 228 g/mol. The molecule has 1 fully saturated rings. The molecule has 0 atom stereocenters. The molecular weight excluding hydrogens is 208 g/mol. The number of carbonyl (C=O) groups is 2. The molecule has 1 saturated heterocycles. The van der Waals surface area contributed by atoms with E-state index in [1.54, 1.807) is 6.92 Å². The summed E-state index contributed by atoms with van der Waals surface area (Å²) in [6.07, 6.45) is 2.32. The van der Waals surface area contributed by atoms with Crippen LogP contribution >= 0.6 is 0 Å². The molecule has 16 heavy (non-hydrogen) atoms. The van der Waals surface area contributed by atoms with E-state index < -0.39 is 0 Å². The summed E-state index contributed by atoms with van der Waals surface area (Å²) in [6, 6.07) is 0.260. The Hall–Kier alpha value is -1.10. The maximum Gasteiger partial charge on any atom is 0.306 e. The van der Waals surface area contributed by atoms with Crippen LogP contribution in [-0.4, -0.2) is 37.6 Å². The van der Waals surface area contributed by atoms with Crippen molar-refractivity contribution in [3.05, 3.63) is 0 Å². The molecule has 2 N–H and O–H groups in total. The lowest BCUT2D eigenvalue weighted by molar-refractivity contribution is -0.144. The Balaban J connectivity index is 2.12. The Labute approximate surface area is 95.9 Å². The number of rotatable bonds is 5. The first-order chi connectivity index (χ1) is 7.72. The van der Waals surface area contributed by atoms with E-state index in [0.717, 1.165) is 25.9 Å². The van der Waals surface area contributed by atoms with Gasteiger partial charge in [-0.2, -0.15) is 0 Å². The first-order valence-electron chi connectivity index (χ1n) is 5.88. The minimum atomic E-state index is -0.303. The molecule has 1 rings (SSSR count). The Morgan fingerprint density at radius 3 is 2.62 bits per heavy atom. The predicted octanol–water partition coefficient (Wildman–Crippen LogP) is 0.198. The van der Waals surface area contributed by atoms with E-state index in [1.165, 1.54) is 0 Å². The van der Waals surface area contributed by atoms with Crippen molar-refractivity contribution < 1.29 is 14.3 Å². The highest BCUT2D eigenvalue weighted by molar-refractivity contribution is 5.81. The van der Waals surface area contributed by atoms with Gasteiger partial charge in [0.15, 0.2) is 0 Å². The zero-order valence-corrected chi connectivity index (χ0v) is 9.75. The van der Waals surface area contributed by atoms with E-state index in [-0.39, 0.29) is 30.8 Å². The molecule has 0 aromatic carbocycles. The molecule has 0 aromatic rings. The van der Waals surface area contributed by atoms with Gasteiger partial charge in [-0.25, -0.2) is 0 Å². The number of piperidine rings is 1. The van der Waals surface area contributed by atoms with Gasteiger partial charge < -0.3 is 15.4 Å². The lowest BCUT2D eigenvalue weighted by Crippen LogP contribution is -2.42. The molecule has 0 radical (unpaired) electrons. The van der Waals surface area contributed by atoms with E-state index >= 15 is 0 Å². The molecule has 5 heteroatoms. The van der Waals surface area contributed by atoms with Crippen molar-refractivity contribution >= 4 is 11.9 Å². The third-order valence-corrected chi connectivity index (χ3v) is 2.57. The summed E-state index contributed by atoms with van der Waals surface area (Å²) in [5.41, 5.74) is 0. The van der Waals surface area contributed by atoms with Gasteiger partial charge in [-0.1, -0.05) is 0 Å². The first-order valence-corrected chi connectivity index (χ1v) is 5.88. The SMILES string of the molecule is CCOC(=O)CCC(=O)NC1CCNCC1. The number of carbonyl (C=O) groups excluding carboxylic acids is 2. The van der Waals surface area contributed by atoms with Crippen molar-refractivity contribution in [3.63, 3.8) is 0 Å². The summed E-state index contributed by atoms with van der Waals surface area (Å²) >= 11 is 0. The smallest absolute Gasteiger partial charge is 0.306 e. The predicted molar refractivity (Wildman–Crippen MR) is 59.9 cm³/mol. The van der Waals surface area contributed by atoms with Crippen LogP contribution in [0.1, 0.15) is 32.6 Å². The van der Waals surface area contributed by atoms with Crippen LogP contribution in [0.5, 0.6) is 0 Å². The highest BCUT2D eigenvalue weighted by Crippen LogP contribution is 2.03. The van der Waals surface area contributed by atoms with Crippen molar-refractivity contribution in [2.24, 2.45) is 0 Å². The van der Waals surface area contributed by atoms with Gasteiger partial charge in [-0.15, -0.1) is 0 Å². The third kappa shape index (κ3) is 5.11. The van der Waals surface area contributed by atoms with E-state index in [4.69, 9.17) is 4.74 Å². The van der Waals surface area contributed by atoms with Gasteiger partial charge in [0.1, 0.15) is 0 Å². The van der Waals surface area contributed by atoms with E-state index in [9.17, 15) is 9.59 Å². The first kappa shape index (κ1) is 13.0. The second kappa shape index (κ2) is 7.22. The van der Waals surface area contributed by atoms with E-state index in [2.05, 4.69) is 10.6 Å². The molecule has 0 bridgehead atoms. The number of amides is 1. The molecule has 0 spiro atoms. The zero-order chi connectivity index (χ0) is 11.8. The van der Waals surface area contributed by atoms with Crippen molar-refractivity contribution in [2.45, 2.75) is 38.6 Å². The summed E-state index contributed by atoms with van der Waals surface area (Å²) < 4.78 is 4.75. The molecule has 0 aliphatic carbocycles. The van der Waals surface area contributed by atoms with Gasteiger partial charge >= 0.3 is 5.97 Å². The zero-order valence-electron chi connectivity index (χ0n) is 9.75. The third-order valence-electron chi connectivity index (χ3n) is 2.57. The molecule has 5 nitrogen and oxygen atoms in total. The molecule has 1 heterocycles. The Kier molecular flexibility index (Phi) is 5.85. The minimum absolute atomic E-state index is 0.0556. The maximum atomic E-state index is 11.5. The van der Waals surface area contributed by atoms with Crippen LogP contribution < -0.4 is 10.6 Å². The number of hydrogen-bond acceptors (Lipinski definition) is 4. The number of esters is 1. The van der Waals surface area contributed by atoms with Crippen molar-refractivity contribution in [1.82, 2.24) is 10.6 Å². The normalized spacial score (nSPS) is 16.8. The molecule has 0 saturated carbocycles. The number of nitrogens with one attached hydrogen (secondary N) is 2. The molecule has 1 amide bonds. The Morgan fingerprint density at radius 1 is 1.31 bits per heavy atom. The van der Waals surface area contributed by atoms with Crippen molar-refractivity contribution in [3.8, 4) is 0 Å². The fraction of sp³-hybridized carbons (Fsp3) is 0.818. The summed E-state index contributed by atoms with van der Waals surface area (Å²) in [4.78, 5) is 22.5. The van der Waals surface area contributed by atoms with Gasteiger partial charge in [0.05, 0.1) is 13.0 Å². The van der Waals surface area contributed by atoms with Crippen LogP contribution in [0.3, 0.4) is 0 Å². The molecule has 0 aromatic heterocycles. The van der Waals surface area contributed by atoms with Crippen LogP contribution in [0.25, 0.3) is 0 Å². The van der Waals surface area contributed by atoms with Crippen molar-refractivity contribution in [2.75, 3.05) is 19.7 Å². The maximum absolute atomic E-state index is 11.5. The standard InChI is InChI=1S/C11H20N2O3/c1-2-16-11(15)4-3-10(14)13-9-5-7-12-8-6-9/h9,12H,2-8H2,1H3,(H,13,14). The van der Waals surface area contributed by atoms with E-state index in [1.807, 2.05) is 0 Å². The lowest BCUT2D eigenvalue weighted by Gasteiger charge is -2.23. The fourth-order valence-corrected chi connectivity index (χ4v) is 1.71. The molecule has 0 unspecified atom stereocenters. The summed E-state index contributed by atoms with van der Waals surface area (Å²) in [5, 5.41) is 6.16. The highest BCUT2D eigenvalue weighted by Gasteiger charge is 2.15. The van der Waals surface area contributed by atoms with Crippen LogP contribution in [0.15, 0.2) is 0 Å². The second-order valence-corrected chi connectivity index (χ2v) is 3.90. The van der Waals surface area contributed by atoms with Crippen LogP contribution in [0.4, 0.5) is 0 Å². The minimum Gasteiger partial charge on any atom is -0.466 e. The van der Waals surface area contributed by atoms with Crippen molar-refractivity contribution in [1.29, 1.82) is 0 Å². The van der Waals surface area contributed by atoms with Gasteiger partial charge in [-0.3, -0.25) is 9.59 Å². The van der Waals surface area contributed by atoms with Gasteiger partial charge in [0.25, 0.3) is 0 Å². The molecule has 1 aliphatic heterocycles. The van der Waals surface area contributed by atoms with Crippen LogP contribution in [-0.2, 0) is 14.3 Å². The van der Waals surface area contributed by atoms with Crippen LogP contribution in [0.2, 0.25) is 0 Å². The topological polar surface area (TPSA) is 67.4 Å². The Morgan fingerprint density at radius 2 is 2.00 bits per heavy atom. The molecule has 92 valence electrons. The van der Waals surface area contributed by atoms with Gasteiger partial charge in [-0.05, 0) is 32.9 Å². The largest absolute Gasteiger partial charge is 0.466 e. The quantitative estimate of drug-likeness (QED) is 0.660. The van der Waals surface area contributed by atoms with Crippen LogP contribution in [0, 0.1) is 0 Å². The van der Waals surface area contributed by atoms with E-state index in [0.29, 0.717) is 6.61 Å². The average Bonchev–Trinajstić information content (AvgIpc) is 2.28. The monoisotopic (exact) mass is 228 g/mol. The number of ether oxygens (including phenoxy) is 1. The Bertz CT molecular complexity index is 237. The molecule has 1 aliphatic rings. The number of hydrogen-bond donors (Lipinski definition) is 2. The lowest BCUT2D eigenvalue weighted by atomic mass is 10.1. The summed E-state index contributed by atoms with van der Waals surface area (Å²) in [6.45, 7) is 4.02. The second-order valence-electron chi connectivity index (χ2n) is 3.90. The molecular formula is C11H20N2O3. The summed E-state index contributed by atoms with van der Waals surface area (Å²) in [7, 11) is 0.